The van der Waals surface area contributed by atoms with Gasteiger partial charge in [-0.3, -0.25) is 0 Å². The lowest BCUT2D eigenvalue weighted by Crippen LogP contribution is -2.26. The molecule has 0 radical (unpaired) electrons. The third-order valence-corrected chi connectivity index (χ3v) is 3.40. The summed E-state index contributed by atoms with van der Waals surface area (Å²) in [5.41, 5.74) is 1.39. The number of hydrogen-bond donors (Lipinski definition) is 1. The maximum Gasteiger partial charge on any atom is 0.130 e. The van der Waals surface area contributed by atoms with Gasteiger partial charge in [0.15, 0.2) is 0 Å². The quantitative estimate of drug-likeness (QED) is 0.837. The van der Waals surface area contributed by atoms with Crippen molar-refractivity contribution >= 4 is 0 Å². The molecule has 1 atom stereocenters. The van der Waals surface area contributed by atoms with E-state index in [0.717, 1.165) is 12.8 Å². The van der Waals surface area contributed by atoms with Gasteiger partial charge in [0, 0.05) is 18.2 Å². The van der Waals surface area contributed by atoms with Crippen molar-refractivity contribution < 1.29 is 8.78 Å². The molecule has 106 valence electrons. The van der Waals surface area contributed by atoms with Gasteiger partial charge in [-0.1, -0.05) is 36.4 Å². The minimum atomic E-state index is -0.493. The minimum Gasteiger partial charge on any atom is -0.310 e. The zero-order chi connectivity index (χ0) is 14.4. The first kappa shape index (κ1) is 14.7. The molecule has 0 aliphatic rings. The molecule has 2 aromatic rings. The molecule has 0 saturated heterocycles. The Morgan fingerprint density at radius 1 is 0.950 bits per heavy atom. The fourth-order valence-corrected chi connectivity index (χ4v) is 2.11. The van der Waals surface area contributed by atoms with Crippen LogP contribution in [0.25, 0.3) is 0 Å². The minimum absolute atomic E-state index is 0.110. The van der Waals surface area contributed by atoms with Crippen molar-refractivity contribution in [3.05, 3.63) is 71.3 Å². The van der Waals surface area contributed by atoms with E-state index in [1.807, 2.05) is 25.1 Å². The van der Waals surface area contributed by atoms with Crippen LogP contribution in [-0.2, 0) is 13.0 Å². The maximum atomic E-state index is 13.5. The van der Waals surface area contributed by atoms with Gasteiger partial charge < -0.3 is 5.32 Å². The summed E-state index contributed by atoms with van der Waals surface area (Å²) in [5.74, 6) is -0.986. The first-order chi connectivity index (χ1) is 9.66. The molecule has 0 aromatic heterocycles. The van der Waals surface area contributed by atoms with Gasteiger partial charge in [0.25, 0.3) is 0 Å². The highest BCUT2D eigenvalue weighted by Gasteiger charge is 2.09. The lowest BCUT2D eigenvalue weighted by atomic mass is 10.1. The predicted molar refractivity (Wildman–Crippen MR) is 77.4 cm³/mol. The Kier molecular flexibility index (Phi) is 5.24. The summed E-state index contributed by atoms with van der Waals surface area (Å²) in [6, 6.07) is 14.4. The predicted octanol–water partition coefficient (Wildman–Crippen LogP) is 4.08. The van der Waals surface area contributed by atoms with E-state index in [1.54, 1.807) is 0 Å². The van der Waals surface area contributed by atoms with Crippen LogP contribution in [0.4, 0.5) is 8.78 Å². The molecule has 0 amide bonds. The van der Waals surface area contributed by atoms with Gasteiger partial charge in [0.1, 0.15) is 11.6 Å². The molecule has 0 saturated carbocycles. The molecule has 0 bridgehead atoms. The van der Waals surface area contributed by atoms with Crippen LogP contribution in [0.5, 0.6) is 0 Å². The highest BCUT2D eigenvalue weighted by molar-refractivity contribution is 5.19. The van der Waals surface area contributed by atoms with Crippen LogP contribution in [0.2, 0.25) is 0 Å². The Labute approximate surface area is 118 Å². The molecule has 0 spiro atoms. The smallest absolute Gasteiger partial charge is 0.130 e. The number of nitrogens with one attached hydrogen (secondary N) is 1. The Hall–Kier alpha value is -1.74. The number of benzene rings is 2. The zero-order valence-corrected chi connectivity index (χ0v) is 11.6. The van der Waals surface area contributed by atoms with Crippen molar-refractivity contribution in [2.75, 3.05) is 0 Å². The molecule has 1 N–H and O–H groups in total. The third-order valence-electron chi connectivity index (χ3n) is 3.40. The fraction of sp³-hybridized carbons (Fsp3) is 0.294. The third kappa shape index (κ3) is 4.14. The number of halogens is 2. The zero-order valence-electron chi connectivity index (χ0n) is 11.6. The monoisotopic (exact) mass is 275 g/mol. The summed E-state index contributed by atoms with van der Waals surface area (Å²) in [6.07, 6.45) is 1.88. The number of aryl methyl sites for hydroxylation is 1. The standard InChI is InChI=1S/C17H19F2N/c1-13(10-11-14-6-3-2-4-7-14)20-12-15-16(18)8-5-9-17(15)19/h2-9,13,20H,10-12H2,1H3. The average Bonchev–Trinajstić information content (AvgIpc) is 2.46. The van der Waals surface area contributed by atoms with Crippen LogP contribution in [-0.4, -0.2) is 6.04 Å². The van der Waals surface area contributed by atoms with Crippen LogP contribution < -0.4 is 5.32 Å². The van der Waals surface area contributed by atoms with Crippen LogP contribution >= 0.6 is 0 Å². The molecule has 1 nitrogen and oxygen atoms in total. The van der Waals surface area contributed by atoms with Gasteiger partial charge in [-0.2, -0.15) is 0 Å². The molecule has 3 heteroatoms. The highest BCUT2D eigenvalue weighted by atomic mass is 19.1. The van der Waals surface area contributed by atoms with Crippen molar-refractivity contribution in [3.8, 4) is 0 Å². The summed E-state index contributed by atoms with van der Waals surface area (Å²) >= 11 is 0. The average molecular weight is 275 g/mol. The normalized spacial score (nSPS) is 12.3. The second kappa shape index (κ2) is 7.15. The summed E-state index contributed by atoms with van der Waals surface area (Å²) in [5, 5.41) is 3.17. The lowest BCUT2D eigenvalue weighted by molar-refractivity contribution is 0.482. The van der Waals surface area contributed by atoms with Crippen LogP contribution in [0.15, 0.2) is 48.5 Å². The molecule has 0 aliphatic carbocycles. The number of rotatable bonds is 6. The van der Waals surface area contributed by atoms with E-state index in [2.05, 4.69) is 17.4 Å². The van der Waals surface area contributed by atoms with E-state index in [1.165, 1.54) is 23.8 Å². The Balaban J connectivity index is 1.82. The number of hydrogen-bond acceptors (Lipinski definition) is 1. The molecule has 20 heavy (non-hydrogen) atoms. The fourth-order valence-electron chi connectivity index (χ4n) is 2.11. The first-order valence-electron chi connectivity index (χ1n) is 6.87. The van der Waals surface area contributed by atoms with E-state index in [-0.39, 0.29) is 18.2 Å². The van der Waals surface area contributed by atoms with Gasteiger partial charge in [-0.15, -0.1) is 0 Å². The van der Waals surface area contributed by atoms with Crippen molar-refractivity contribution in [2.45, 2.75) is 32.4 Å². The van der Waals surface area contributed by atoms with Gasteiger partial charge in [-0.05, 0) is 37.5 Å². The highest BCUT2D eigenvalue weighted by Crippen LogP contribution is 2.12. The lowest BCUT2D eigenvalue weighted by Gasteiger charge is -2.14. The molecule has 1 unspecified atom stereocenters. The van der Waals surface area contributed by atoms with E-state index in [4.69, 9.17) is 0 Å². The van der Waals surface area contributed by atoms with Crippen molar-refractivity contribution in [1.29, 1.82) is 0 Å². The molecular weight excluding hydrogens is 256 g/mol. The van der Waals surface area contributed by atoms with Crippen LogP contribution in [0, 0.1) is 11.6 Å². The van der Waals surface area contributed by atoms with Gasteiger partial charge >= 0.3 is 0 Å². The van der Waals surface area contributed by atoms with Gasteiger partial charge in [0.05, 0.1) is 0 Å². The summed E-state index contributed by atoms with van der Waals surface area (Å²) < 4.78 is 26.9. The molecule has 0 aliphatic heterocycles. The Morgan fingerprint density at radius 3 is 2.25 bits per heavy atom. The van der Waals surface area contributed by atoms with Crippen molar-refractivity contribution in [3.63, 3.8) is 0 Å². The summed E-state index contributed by atoms with van der Waals surface area (Å²) in [4.78, 5) is 0. The van der Waals surface area contributed by atoms with E-state index in [9.17, 15) is 8.78 Å². The van der Waals surface area contributed by atoms with Gasteiger partial charge in [-0.25, -0.2) is 8.78 Å². The topological polar surface area (TPSA) is 12.0 Å². The van der Waals surface area contributed by atoms with Crippen molar-refractivity contribution in [1.82, 2.24) is 5.32 Å². The van der Waals surface area contributed by atoms with Crippen LogP contribution in [0.3, 0.4) is 0 Å². The molecule has 2 rings (SSSR count). The van der Waals surface area contributed by atoms with Gasteiger partial charge in [0.2, 0.25) is 0 Å². The summed E-state index contributed by atoms with van der Waals surface area (Å²) in [7, 11) is 0. The Morgan fingerprint density at radius 2 is 1.60 bits per heavy atom. The SMILES string of the molecule is CC(CCc1ccccc1)NCc1c(F)cccc1F. The van der Waals surface area contributed by atoms with E-state index < -0.39 is 11.6 Å². The molecule has 0 heterocycles. The summed E-state index contributed by atoms with van der Waals surface area (Å²) in [6.45, 7) is 2.25. The maximum absolute atomic E-state index is 13.5. The van der Waals surface area contributed by atoms with Crippen LogP contribution in [0.1, 0.15) is 24.5 Å². The van der Waals surface area contributed by atoms with Crippen molar-refractivity contribution in [2.24, 2.45) is 0 Å². The Bertz CT molecular complexity index is 520. The molecular formula is C17H19F2N. The van der Waals surface area contributed by atoms with E-state index >= 15 is 0 Å². The second-order valence-corrected chi connectivity index (χ2v) is 5.01. The molecule has 0 fully saturated rings. The first-order valence-corrected chi connectivity index (χ1v) is 6.87. The van der Waals surface area contributed by atoms with E-state index in [0.29, 0.717) is 0 Å². The largest absolute Gasteiger partial charge is 0.310 e. The second-order valence-electron chi connectivity index (χ2n) is 5.01. The molecule has 2 aromatic carbocycles.